The number of primary amides is 1. The molecule has 3 rings (SSSR count). The quantitative estimate of drug-likeness (QED) is 0.629. The van der Waals surface area contributed by atoms with Crippen LogP contribution in [0.4, 0.5) is 0 Å². The first-order valence-electron chi connectivity index (χ1n) is 7.53. The van der Waals surface area contributed by atoms with Gasteiger partial charge >= 0.3 is 0 Å². The Labute approximate surface area is 142 Å². The summed E-state index contributed by atoms with van der Waals surface area (Å²) in [6, 6.07) is 0. The summed E-state index contributed by atoms with van der Waals surface area (Å²) in [5.41, 5.74) is 6.47. The molecule has 2 aromatic heterocycles. The Morgan fingerprint density at radius 1 is 1.52 bits per heavy atom. The fourth-order valence-corrected chi connectivity index (χ4v) is 4.93. The van der Waals surface area contributed by atoms with Crippen LogP contribution in [0, 0.1) is 0 Å². The van der Waals surface area contributed by atoms with E-state index in [1.807, 2.05) is 0 Å². The van der Waals surface area contributed by atoms with Crippen molar-refractivity contribution in [1.82, 2.24) is 9.55 Å². The van der Waals surface area contributed by atoms with Crippen molar-refractivity contribution in [3.63, 3.8) is 0 Å². The predicted molar refractivity (Wildman–Crippen MR) is 92.3 cm³/mol. The minimum atomic E-state index is -0.444. The number of carbonyl (C=O) groups is 1. The van der Waals surface area contributed by atoms with Crippen LogP contribution in [0.15, 0.2) is 9.95 Å². The number of rotatable bonds is 6. The summed E-state index contributed by atoms with van der Waals surface area (Å²) in [4.78, 5) is 31.0. The number of thioether (sulfide) groups is 1. The number of methoxy groups -OCH3 is 1. The van der Waals surface area contributed by atoms with Gasteiger partial charge in [-0.3, -0.25) is 14.2 Å². The molecule has 2 N–H and O–H groups in total. The topological polar surface area (TPSA) is 87.2 Å². The molecule has 0 saturated heterocycles. The average molecular weight is 353 g/mol. The van der Waals surface area contributed by atoms with Crippen molar-refractivity contribution < 1.29 is 9.53 Å². The summed E-state index contributed by atoms with van der Waals surface area (Å²) in [6.07, 6.45) is 3.07. The lowest BCUT2D eigenvalue weighted by Gasteiger charge is -2.13. The van der Waals surface area contributed by atoms with E-state index in [1.165, 1.54) is 16.6 Å². The van der Waals surface area contributed by atoms with E-state index in [1.54, 1.807) is 29.9 Å². The molecule has 0 radical (unpaired) electrons. The summed E-state index contributed by atoms with van der Waals surface area (Å²) in [5, 5.41) is 0.834. The largest absolute Gasteiger partial charge is 0.383 e. The molecule has 0 spiro atoms. The lowest BCUT2D eigenvalue weighted by molar-refractivity contribution is -0.117. The number of hydrogen-bond donors (Lipinski definition) is 1. The van der Waals surface area contributed by atoms with Crippen LogP contribution in [0.3, 0.4) is 0 Å². The number of hydrogen-bond acceptors (Lipinski definition) is 6. The monoisotopic (exact) mass is 353 g/mol. The Morgan fingerprint density at radius 2 is 2.30 bits per heavy atom. The molecule has 0 aromatic carbocycles. The van der Waals surface area contributed by atoms with Gasteiger partial charge in [0.2, 0.25) is 5.91 Å². The molecule has 0 bridgehead atoms. The molecule has 0 unspecified atom stereocenters. The zero-order valence-corrected chi connectivity index (χ0v) is 14.8. The van der Waals surface area contributed by atoms with Crippen LogP contribution in [-0.4, -0.2) is 34.4 Å². The van der Waals surface area contributed by atoms with Crippen molar-refractivity contribution in [3.05, 3.63) is 20.8 Å². The SMILES string of the molecule is COCCn1c(S[C@@H](C)C(N)=O)nc2sc3c(c2c1=O)CCC3. The average Bonchev–Trinajstić information content (AvgIpc) is 3.06. The van der Waals surface area contributed by atoms with Crippen LogP contribution in [0.1, 0.15) is 23.8 Å². The number of thiophene rings is 1. The van der Waals surface area contributed by atoms with Crippen LogP contribution in [0.2, 0.25) is 0 Å². The molecule has 8 heteroatoms. The van der Waals surface area contributed by atoms with Crippen LogP contribution in [-0.2, 0) is 28.9 Å². The van der Waals surface area contributed by atoms with E-state index in [4.69, 9.17) is 10.5 Å². The van der Waals surface area contributed by atoms with E-state index >= 15 is 0 Å². The standard InChI is InChI=1S/C15H19N3O3S2/c1-8(12(16)19)22-15-17-13-11(9-4-3-5-10(9)23-13)14(20)18(15)6-7-21-2/h8H,3-7H2,1-2H3,(H2,16,19)/t8-/m0/s1. The summed E-state index contributed by atoms with van der Waals surface area (Å²) in [5.74, 6) is -0.420. The smallest absolute Gasteiger partial charge is 0.263 e. The van der Waals surface area contributed by atoms with E-state index < -0.39 is 11.2 Å². The zero-order chi connectivity index (χ0) is 16.6. The first-order valence-corrected chi connectivity index (χ1v) is 9.22. The predicted octanol–water partition coefficient (Wildman–Crippen LogP) is 1.56. The number of ether oxygens (including phenoxy) is 1. The van der Waals surface area contributed by atoms with Crippen LogP contribution in [0.25, 0.3) is 10.2 Å². The number of nitrogens with two attached hydrogens (primary N) is 1. The van der Waals surface area contributed by atoms with Crippen molar-refractivity contribution >= 4 is 39.2 Å². The zero-order valence-electron chi connectivity index (χ0n) is 13.1. The van der Waals surface area contributed by atoms with Gasteiger partial charge in [0.15, 0.2) is 5.16 Å². The van der Waals surface area contributed by atoms with Crippen molar-refractivity contribution in [3.8, 4) is 0 Å². The van der Waals surface area contributed by atoms with E-state index in [-0.39, 0.29) is 5.56 Å². The molecule has 2 heterocycles. The maximum atomic E-state index is 13.0. The van der Waals surface area contributed by atoms with E-state index in [0.29, 0.717) is 18.3 Å². The molecular formula is C15H19N3O3S2. The van der Waals surface area contributed by atoms with Gasteiger partial charge in [0.25, 0.3) is 5.56 Å². The van der Waals surface area contributed by atoms with Gasteiger partial charge in [-0.2, -0.15) is 0 Å². The third kappa shape index (κ3) is 3.02. The highest BCUT2D eigenvalue weighted by atomic mass is 32.2. The molecule has 0 saturated carbocycles. The normalized spacial score (nSPS) is 15.0. The van der Waals surface area contributed by atoms with Gasteiger partial charge in [0.1, 0.15) is 4.83 Å². The lowest BCUT2D eigenvalue weighted by atomic mass is 10.2. The van der Waals surface area contributed by atoms with Crippen molar-refractivity contribution in [1.29, 1.82) is 0 Å². The second-order valence-corrected chi connectivity index (χ2v) is 7.94. The van der Waals surface area contributed by atoms with Gasteiger partial charge in [-0.05, 0) is 31.7 Å². The van der Waals surface area contributed by atoms with E-state index in [2.05, 4.69) is 4.98 Å². The van der Waals surface area contributed by atoms with Gasteiger partial charge < -0.3 is 10.5 Å². The van der Waals surface area contributed by atoms with Crippen LogP contribution in [0.5, 0.6) is 0 Å². The number of nitrogens with zero attached hydrogens (tertiary/aromatic N) is 2. The fourth-order valence-electron chi connectivity index (χ4n) is 2.74. The minimum Gasteiger partial charge on any atom is -0.383 e. The Hall–Kier alpha value is -1.38. The first kappa shape index (κ1) is 16.5. The Bertz CT molecular complexity index is 812. The van der Waals surface area contributed by atoms with Gasteiger partial charge in [-0.25, -0.2) is 4.98 Å². The molecule has 1 amide bonds. The molecule has 1 aliphatic carbocycles. The van der Waals surface area contributed by atoms with Crippen molar-refractivity contribution in [2.24, 2.45) is 5.73 Å². The maximum Gasteiger partial charge on any atom is 0.263 e. The molecule has 6 nitrogen and oxygen atoms in total. The van der Waals surface area contributed by atoms with Gasteiger partial charge in [-0.1, -0.05) is 11.8 Å². The molecule has 0 aliphatic heterocycles. The third-order valence-corrected chi connectivity index (χ3v) is 6.29. The van der Waals surface area contributed by atoms with E-state index in [9.17, 15) is 9.59 Å². The highest BCUT2D eigenvalue weighted by Gasteiger charge is 2.24. The number of aromatic nitrogens is 2. The minimum absolute atomic E-state index is 0.0365. The summed E-state index contributed by atoms with van der Waals surface area (Å²) < 4.78 is 6.72. The highest BCUT2D eigenvalue weighted by molar-refractivity contribution is 8.00. The molecule has 1 aliphatic rings. The van der Waals surface area contributed by atoms with Crippen molar-refractivity contribution in [2.75, 3.05) is 13.7 Å². The third-order valence-electron chi connectivity index (χ3n) is 3.99. The lowest BCUT2D eigenvalue weighted by Crippen LogP contribution is -2.28. The Balaban J connectivity index is 2.13. The van der Waals surface area contributed by atoms with Crippen molar-refractivity contribution in [2.45, 2.75) is 43.1 Å². The number of amides is 1. The summed E-state index contributed by atoms with van der Waals surface area (Å²) in [7, 11) is 1.60. The Morgan fingerprint density at radius 3 is 3.00 bits per heavy atom. The molecule has 23 heavy (non-hydrogen) atoms. The molecule has 1 atom stereocenters. The maximum absolute atomic E-state index is 13.0. The van der Waals surface area contributed by atoms with Gasteiger partial charge in [0.05, 0.1) is 23.8 Å². The summed E-state index contributed by atoms with van der Waals surface area (Å²) >= 11 is 2.82. The highest BCUT2D eigenvalue weighted by Crippen LogP contribution is 2.35. The number of aryl methyl sites for hydroxylation is 2. The molecule has 0 fully saturated rings. The number of fused-ring (bicyclic) bond motifs is 3. The molecule has 2 aromatic rings. The first-order chi connectivity index (χ1) is 11.0. The van der Waals surface area contributed by atoms with E-state index in [0.717, 1.165) is 35.0 Å². The van der Waals surface area contributed by atoms with Gasteiger partial charge in [-0.15, -0.1) is 11.3 Å². The van der Waals surface area contributed by atoms with Crippen LogP contribution >= 0.6 is 23.1 Å². The number of carbonyl (C=O) groups excluding carboxylic acids is 1. The fraction of sp³-hybridized carbons (Fsp3) is 0.533. The second-order valence-electron chi connectivity index (χ2n) is 5.54. The Kier molecular flexibility index (Phi) is 4.74. The van der Waals surface area contributed by atoms with Gasteiger partial charge in [0, 0.05) is 12.0 Å². The second kappa shape index (κ2) is 6.62. The van der Waals surface area contributed by atoms with Crippen LogP contribution < -0.4 is 11.3 Å². The molecule has 124 valence electrons. The molecular weight excluding hydrogens is 334 g/mol. The summed E-state index contributed by atoms with van der Waals surface area (Å²) in [6.45, 7) is 2.55.